The van der Waals surface area contributed by atoms with Crippen molar-refractivity contribution in [3.8, 4) is 0 Å². The molecule has 0 fully saturated rings. The molecule has 0 aromatic carbocycles. The van der Waals surface area contributed by atoms with Gasteiger partial charge < -0.3 is 19.3 Å². The third-order valence-electron chi connectivity index (χ3n) is 9.14. The van der Waals surface area contributed by atoms with Crippen molar-refractivity contribution in [3.05, 3.63) is 48.6 Å². The van der Waals surface area contributed by atoms with Crippen LogP contribution in [0.15, 0.2) is 48.6 Å². The third kappa shape index (κ3) is 41.4. The van der Waals surface area contributed by atoms with Gasteiger partial charge in [0.1, 0.15) is 6.61 Å². The van der Waals surface area contributed by atoms with E-state index in [0.29, 0.717) is 19.4 Å². The summed E-state index contributed by atoms with van der Waals surface area (Å²) in [6.07, 6.45) is 44.5. The molecule has 0 rings (SSSR count). The van der Waals surface area contributed by atoms with Crippen LogP contribution >= 0.6 is 7.82 Å². The molecule has 0 saturated carbocycles. The highest BCUT2D eigenvalue weighted by Crippen LogP contribution is 2.43. The van der Waals surface area contributed by atoms with Crippen molar-refractivity contribution in [2.24, 2.45) is 0 Å². The van der Waals surface area contributed by atoms with E-state index < -0.39 is 26.5 Å². The highest BCUT2D eigenvalue weighted by atomic mass is 31.2. The molecule has 0 bridgehead atoms. The lowest BCUT2D eigenvalue weighted by atomic mass is 10.0. The van der Waals surface area contributed by atoms with E-state index in [4.69, 9.17) is 18.5 Å². The first-order chi connectivity index (χ1) is 26.7. The number of carbonyl (C=O) groups excluding carboxylic acids is 2. The molecule has 0 aromatic heterocycles. The summed E-state index contributed by atoms with van der Waals surface area (Å²) >= 11 is 0. The Bertz CT molecular complexity index is 1060. The van der Waals surface area contributed by atoms with E-state index in [1.54, 1.807) is 0 Å². The van der Waals surface area contributed by atoms with Crippen LogP contribution in [0.4, 0.5) is 0 Å². The van der Waals surface area contributed by atoms with Crippen LogP contribution < -0.4 is 0 Å². The normalized spacial score (nSPS) is 13.9. The molecule has 2 unspecified atom stereocenters. The van der Waals surface area contributed by atoms with Gasteiger partial charge in [-0.1, -0.05) is 165 Å². The maximum Gasteiger partial charge on any atom is 0.472 e. The van der Waals surface area contributed by atoms with Crippen LogP contribution in [0.3, 0.4) is 0 Å². The number of allylic oxidation sites excluding steroid dienone is 8. The quantitative estimate of drug-likeness (QED) is 0.0280. The largest absolute Gasteiger partial charge is 0.472 e. The minimum Gasteiger partial charge on any atom is -0.462 e. The van der Waals surface area contributed by atoms with Crippen molar-refractivity contribution in [3.63, 3.8) is 0 Å². The first kappa shape index (κ1) is 53.0. The minimum absolute atomic E-state index is 0.00302. The lowest BCUT2D eigenvalue weighted by Crippen LogP contribution is -2.29. The van der Waals surface area contributed by atoms with Crippen molar-refractivity contribution in [1.29, 1.82) is 0 Å². The number of esters is 2. The number of hydrogen-bond donors (Lipinski definition) is 1. The van der Waals surface area contributed by atoms with Crippen LogP contribution in [0.25, 0.3) is 0 Å². The van der Waals surface area contributed by atoms with Crippen LogP contribution in [-0.4, -0.2) is 68.3 Å². The summed E-state index contributed by atoms with van der Waals surface area (Å²) in [5.74, 6) is -0.866. The third-order valence-corrected chi connectivity index (χ3v) is 10.1. The molecule has 10 heteroatoms. The molecule has 0 aromatic rings. The van der Waals surface area contributed by atoms with Gasteiger partial charge in [-0.15, -0.1) is 0 Å². The maximum absolute atomic E-state index is 12.6. The van der Waals surface area contributed by atoms with E-state index in [2.05, 4.69) is 56.4 Å². The minimum atomic E-state index is -4.37. The number of likely N-dealkylation sites (N-methyl/N-ethyl adjacent to an activating group) is 1. The van der Waals surface area contributed by atoms with Crippen LogP contribution in [0, 0.1) is 0 Å². The molecule has 320 valence electrons. The molecule has 0 aliphatic rings. The zero-order valence-corrected chi connectivity index (χ0v) is 36.5. The van der Waals surface area contributed by atoms with Crippen molar-refractivity contribution in [2.75, 3.05) is 40.5 Å². The molecular formula is C45H82NO8P. The molecule has 2 atom stereocenters. The Morgan fingerprint density at radius 3 is 1.51 bits per heavy atom. The van der Waals surface area contributed by atoms with Gasteiger partial charge in [-0.3, -0.25) is 18.6 Å². The van der Waals surface area contributed by atoms with Crippen molar-refractivity contribution in [2.45, 2.75) is 187 Å². The second-order valence-electron chi connectivity index (χ2n) is 14.9. The Morgan fingerprint density at radius 1 is 0.564 bits per heavy atom. The Labute approximate surface area is 337 Å². The Kier molecular flexibility index (Phi) is 38.7. The second-order valence-corrected chi connectivity index (χ2v) is 16.3. The van der Waals surface area contributed by atoms with Crippen LogP contribution in [-0.2, 0) is 32.7 Å². The first-order valence-electron chi connectivity index (χ1n) is 21.9. The van der Waals surface area contributed by atoms with Gasteiger partial charge in [0.05, 0.1) is 13.2 Å². The fourth-order valence-electron chi connectivity index (χ4n) is 5.74. The first-order valence-corrected chi connectivity index (χ1v) is 23.4. The van der Waals surface area contributed by atoms with E-state index in [1.165, 1.54) is 103 Å². The molecule has 9 nitrogen and oxygen atoms in total. The topological polar surface area (TPSA) is 112 Å². The highest BCUT2D eigenvalue weighted by Gasteiger charge is 2.26. The second kappa shape index (κ2) is 40.2. The summed E-state index contributed by atoms with van der Waals surface area (Å²) in [5.41, 5.74) is 0. The Hall–Kier alpha value is -2.03. The number of ether oxygens (including phenoxy) is 2. The van der Waals surface area contributed by atoms with E-state index in [0.717, 1.165) is 38.5 Å². The summed E-state index contributed by atoms with van der Waals surface area (Å²) in [6, 6.07) is 0. The van der Waals surface area contributed by atoms with Crippen LogP contribution in [0.2, 0.25) is 0 Å². The monoisotopic (exact) mass is 796 g/mol. The standard InChI is InChI=1S/C45H82NO8P/c1-5-7-9-11-13-15-17-19-21-22-24-26-28-30-32-34-36-38-45(48)54-43(42-53-55(49,50)52-40-39-46(3)4)41-51-44(47)37-35-33-31-29-27-25-23-20-18-16-14-12-10-8-6-2/h13,15,19,21,24,26,30,32,43H,5-12,14,16-18,20,22-23,25,27-29,31,33-42H2,1-4H3,(H,49,50)/b15-13-,21-19-,26-24-,32-30-. The molecule has 0 amide bonds. The molecule has 0 aliphatic carbocycles. The van der Waals surface area contributed by atoms with E-state index in [1.807, 2.05) is 25.1 Å². The van der Waals surface area contributed by atoms with Crippen LogP contribution in [0.5, 0.6) is 0 Å². The molecule has 0 saturated heterocycles. The van der Waals surface area contributed by atoms with Gasteiger partial charge in [0.15, 0.2) is 6.10 Å². The molecule has 1 N–H and O–H groups in total. The SMILES string of the molecule is CCCCC/C=C\C/C=C\C/C=C\C/C=C\CCCC(=O)OC(COC(=O)CCCCCCCCCCCCCCCCC)COP(=O)(O)OCCN(C)C. The fourth-order valence-corrected chi connectivity index (χ4v) is 6.48. The maximum atomic E-state index is 12.6. The lowest BCUT2D eigenvalue weighted by molar-refractivity contribution is -0.161. The summed E-state index contributed by atoms with van der Waals surface area (Å²) < 4.78 is 33.4. The van der Waals surface area contributed by atoms with Crippen molar-refractivity contribution < 1.29 is 37.6 Å². The van der Waals surface area contributed by atoms with Gasteiger partial charge >= 0.3 is 19.8 Å². The van der Waals surface area contributed by atoms with Crippen molar-refractivity contribution in [1.82, 2.24) is 4.90 Å². The van der Waals surface area contributed by atoms with E-state index >= 15 is 0 Å². The molecule has 0 spiro atoms. The predicted molar refractivity (Wildman–Crippen MR) is 229 cm³/mol. The number of nitrogens with zero attached hydrogens (tertiary/aromatic N) is 1. The Morgan fingerprint density at radius 2 is 1.00 bits per heavy atom. The van der Waals surface area contributed by atoms with Gasteiger partial charge in [0.2, 0.25) is 0 Å². The zero-order chi connectivity index (χ0) is 40.5. The average Bonchev–Trinajstić information content (AvgIpc) is 3.15. The summed E-state index contributed by atoms with van der Waals surface area (Å²) in [7, 11) is -0.739. The molecule has 0 radical (unpaired) electrons. The number of phosphoric ester groups is 1. The number of hydrogen-bond acceptors (Lipinski definition) is 8. The van der Waals surface area contributed by atoms with E-state index in [9.17, 15) is 19.0 Å². The molecule has 0 aliphatic heterocycles. The summed E-state index contributed by atoms with van der Waals surface area (Å²) in [4.78, 5) is 37.0. The zero-order valence-electron chi connectivity index (χ0n) is 35.6. The lowest BCUT2D eigenvalue weighted by Gasteiger charge is -2.20. The van der Waals surface area contributed by atoms with Gasteiger partial charge in [-0.05, 0) is 65.5 Å². The summed E-state index contributed by atoms with van der Waals surface area (Å²) in [5, 5.41) is 0. The van der Waals surface area contributed by atoms with Crippen molar-refractivity contribution >= 4 is 19.8 Å². The molecule has 0 heterocycles. The van der Waals surface area contributed by atoms with E-state index in [-0.39, 0.29) is 32.0 Å². The van der Waals surface area contributed by atoms with Gasteiger partial charge in [-0.2, -0.15) is 0 Å². The van der Waals surface area contributed by atoms with Gasteiger partial charge in [0, 0.05) is 19.4 Å². The number of phosphoric acid groups is 1. The van der Waals surface area contributed by atoms with Gasteiger partial charge in [-0.25, -0.2) is 4.57 Å². The summed E-state index contributed by atoms with van der Waals surface area (Å²) in [6.45, 7) is 4.23. The Balaban J connectivity index is 4.38. The smallest absolute Gasteiger partial charge is 0.462 e. The molecule has 55 heavy (non-hydrogen) atoms. The number of unbranched alkanes of at least 4 members (excludes halogenated alkanes) is 18. The van der Waals surface area contributed by atoms with Crippen LogP contribution in [0.1, 0.15) is 181 Å². The average molecular weight is 796 g/mol. The van der Waals surface area contributed by atoms with Gasteiger partial charge in [0.25, 0.3) is 0 Å². The predicted octanol–water partition coefficient (Wildman–Crippen LogP) is 12.5. The fraction of sp³-hybridized carbons (Fsp3) is 0.778. The molecular weight excluding hydrogens is 713 g/mol. The number of rotatable bonds is 40. The number of carbonyl (C=O) groups is 2. The highest BCUT2D eigenvalue weighted by molar-refractivity contribution is 7.47.